The fraction of sp³-hybridized carbons (Fsp3) is 0. The molecular weight excluding hydrogens is 635 g/mol. The lowest BCUT2D eigenvalue weighted by Crippen LogP contribution is -2.04. The van der Waals surface area contributed by atoms with Crippen LogP contribution in [0.3, 0.4) is 0 Å². The molecule has 3 aromatic heterocycles. The summed E-state index contributed by atoms with van der Waals surface area (Å²) in [4.78, 5) is 14.0. The van der Waals surface area contributed by atoms with Crippen LogP contribution in [0.4, 0.5) is 5.69 Å². The zero-order valence-electron chi connectivity index (χ0n) is 28.0. The summed E-state index contributed by atoms with van der Waals surface area (Å²) < 4.78 is 4.54. The van der Waals surface area contributed by atoms with Gasteiger partial charge in [-0.05, 0) is 65.2 Å². The highest BCUT2D eigenvalue weighted by atomic mass is 15.2. The third kappa shape index (κ3) is 4.78. The highest BCUT2D eigenvalue weighted by molar-refractivity contribution is 6.12. The van der Waals surface area contributed by atoms with Gasteiger partial charge in [0.1, 0.15) is 0 Å². The first-order valence-electron chi connectivity index (χ1n) is 17.3. The Morgan fingerprint density at radius 3 is 1.63 bits per heavy atom. The van der Waals surface area contributed by atoms with Crippen LogP contribution in [-0.2, 0) is 0 Å². The molecule has 10 aromatic rings. The van der Waals surface area contributed by atoms with Crippen LogP contribution in [0, 0.1) is 6.57 Å². The van der Waals surface area contributed by atoms with Crippen molar-refractivity contribution < 1.29 is 1.43 Å². The third-order valence-electron chi connectivity index (χ3n) is 9.97. The average molecular weight is 666 g/mol. The van der Waals surface area contributed by atoms with Crippen LogP contribution in [0.5, 0.6) is 0 Å². The molecule has 5 nitrogen and oxygen atoms in total. The monoisotopic (exact) mass is 665 g/mol. The quantitative estimate of drug-likeness (QED) is 0.172. The van der Waals surface area contributed by atoms with Gasteiger partial charge in [0.05, 0.1) is 40.0 Å². The first kappa shape index (κ1) is 29.6. The van der Waals surface area contributed by atoms with E-state index in [1.54, 1.807) is 0 Å². The van der Waals surface area contributed by atoms with E-state index in [-0.39, 0.29) is 1.43 Å². The van der Waals surface area contributed by atoms with Gasteiger partial charge < -0.3 is 4.57 Å². The van der Waals surface area contributed by atoms with E-state index in [4.69, 9.17) is 16.5 Å². The molecule has 3 heterocycles. The molecule has 0 spiro atoms. The zero-order valence-corrected chi connectivity index (χ0v) is 28.0. The smallest absolute Gasteiger partial charge is 0.235 e. The molecule has 0 aliphatic carbocycles. The summed E-state index contributed by atoms with van der Waals surface area (Å²) >= 11 is 0. The number of nitrogens with zero attached hydrogens (tertiary/aromatic N) is 5. The van der Waals surface area contributed by atoms with Crippen LogP contribution in [0.25, 0.3) is 93.7 Å². The summed E-state index contributed by atoms with van der Waals surface area (Å²) in [5, 5.41) is 4.71. The molecule has 5 heteroatoms. The molecule has 244 valence electrons. The Bertz CT molecular complexity index is 3010. The number of rotatable bonds is 5. The Morgan fingerprint density at radius 2 is 0.923 bits per heavy atom. The van der Waals surface area contributed by atoms with E-state index in [1.165, 1.54) is 21.8 Å². The first-order chi connectivity index (χ1) is 25.7. The van der Waals surface area contributed by atoms with Crippen molar-refractivity contribution >= 4 is 49.3 Å². The van der Waals surface area contributed by atoms with Crippen molar-refractivity contribution in [2.75, 3.05) is 0 Å². The summed E-state index contributed by atoms with van der Waals surface area (Å²) in [5.41, 5.74) is 12.0. The van der Waals surface area contributed by atoms with E-state index in [1.807, 2.05) is 48.5 Å². The molecule has 0 radical (unpaired) electrons. The van der Waals surface area contributed by atoms with E-state index in [9.17, 15) is 0 Å². The van der Waals surface area contributed by atoms with E-state index in [0.29, 0.717) is 11.6 Å². The third-order valence-corrected chi connectivity index (χ3v) is 9.97. The first-order valence-corrected chi connectivity index (χ1v) is 17.3. The number of benzene rings is 7. The van der Waals surface area contributed by atoms with Gasteiger partial charge in [-0.15, -0.1) is 0 Å². The molecule has 0 fully saturated rings. The second kappa shape index (κ2) is 11.9. The summed E-state index contributed by atoms with van der Waals surface area (Å²) in [6.45, 7) is 7.43. The van der Waals surface area contributed by atoms with E-state index < -0.39 is 0 Å². The van der Waals surface area contributed by atoms with Crippen molar-refractivity contribution in [3.05, 3.63) is 187 Å². The van der Waals surface area contributed by atoms with Crippen molar-refractivity contribution in [3.8, 4) is 45.3 Å². The van der Waals surface area contributed by atoms with Gasteiger partial charge in [-0.2, -0.15) is 0 Å². The van der Waals surface area contributed by atoms with E-state index in [2.05, 4.69) is 141 Å². The number of para-hydroxylation sites is 3. The Kier molecular flexibility index (Phi) is 6.80. The number of hydrogen-bond donors (Lipinski definition) is 0. The average Bonchev–Trinajstić information content (AvgIpc) is 3.73. The number of aromatic nitrogens is 4. The topological polar surface area (TPSA) is 40.0 Å². The zero-order chi connectivity index (χ0) is 34.6. The molecule has 10 rings (SSSR count). The lowest BCUT2D eigenvalue weighted by molar-refractivity contribution is 0.996. The van der Waals surface area contributed by atoms with Gasteiger partial charge in [0.25, 0.3) is 0 Å². The minimum Gasteiger partial charge on any atom is -0.309 e. The largest absolute Gasteiger partial charge is 0.309 e. The molecule has 0 aliphatic rings. The second-order valence-corrected chi connectivity index (χ2v) is 13.0. The lowest BCUT2D eigenvalue weighted by atomic mass is 10.0. The molecule has 0 N–H and O–H groups in total. The maximum atomic E-state index is 7.43. The van der Waals surface area contributed by atoms with Gasteiger partial charge in [0.2, 0.25) is 5.95 Å². The predicted molar refractivity (Wildman–Crippen MR) is 215 cm³/mol. The summed E-state index contributed by atoms with van der Waals surface area (Å²) in [6.07, 6.45) is 0. The van der Waals surface area contributed by atoms with Crippen LogP contribution in [-0.4, -0.2) is 19.1 Å². The van der Waals surface area contributed by atoms with Gasteiger partial charge in [-0.25, -0.2) is 14.8 Å². The van der Waals surface area contributed by atoms with Gasteiger partial charge >= 0.3 is 0 Å². The Labute approximate surface area is 301 Å². The standard InChI is InChI=1S/C47H29N5.H2/c1-48-35-24-20-32(21-25-35)42-30-41(31-12-4-2-5-13-31)49-47(50-42)52-44-19-11-8-16-37(44)39-26-22-34(29-46(39)52)33-23-27-45-40(28-33)38-17-9-10-18-43(38)51(45)36-14-6-3-7-15-36;/h2-30H;1H. The molecule has 7 aromatic carbocycles. The van der Waals surface area contributed by atoms with Crippen molar-refractivity contribution in [2.45, 2.75) is 0 Å². The predicted octanol–water partition coefficient (Wildman–Crippen LogP) is 12.5. The van der Waals surface area contributed by atoms with Crippen LogP contribution in [0.15, 0.2) is 176 Å². The fourth-order valence-electron chi connectivity index (χ4n) is 7.52. The van der Waals surface area contributed by atoms with E-state index in [0.717, 1.165) is 61.1 Å². The van der Waals surface area contributed by atoms with Crippen LogP contribution in [0.2, 0.25) is 0 Å². The van der Waals surface area contributed by atoms with Gasteiger partial charge in [0.15, 0.2) is 5.69 Å². The van der Waals surface area contributed by atoms with Crippen molar-refractivity contribution in [1.29, 1.82) is 0 Å². The Hall–Kier alpha value is -7.29. The molecule has 0 atom stereocenters. The molecule has 0 aliphatic heterocycles. The van der Waals surface area contributed by atoms with Crippen LogP contribution < -0.4 is 0 Å². The van der Waals surface area contributed by atoms with Crippen molar-refractivity contribution in [2.24, 2.45) is 0 Å². The van der Waals surface area contributed by atoms with Crippen LogP contribution >= 0.6 is 0 Å². The molecule has 0 amide bonds. The minimum absolute atomic E-state index is 0. The Balaban J connectivity index is 0.00000372. The molecule has 0 unspecified atom stereocenters. The van der Waals surface area contributed by atoms with Crippen LogP contribution in [0.1, 0.15) is 1.43 Å². The fourth-order valence-corrected chi connectivity index (χ4v) is 7.52. The Morgan fingerprint density at radius 1 is 0.404 bits per heavy atom. The number of fused-ring (bicyclic) bond motifs is 6. The summed E-state index contributed by atoms with van der Waals surface area (Å²) in [7, 11) is 0. The maximum Gasteiger partial charge on any atom is 0.235 e. The molecule has 0 saturated heterocycles. The second-order valence-electron chi connectivity index (χ2n) is 13.0. The summed E-state index contributed by atoms with van der Waals surface area (Å²) in [5.74, 6) is 0.593. The van der Waals surface area contributed by atoms with Crippen molar-refractivity contribution in [1.82, 2.24) is 19.1 Å². The molecule has 0 bridgehead atoms. The van der Waals surface area contributed by atoms with Gasteiger partial charge in [-0.3, -0.25) is 4.57 Å². The van der Waals surface area contributed by atoms with Crippen molar-refractivity contribution in [3.63, 3.8) is 0 Å². The van der Waals surface area contributed by atoms with E-state index >= 15 is 0 Å². The molecule has 52 heavy (non-hydrogen) atoms. The SMILES string of the molecule is [C-]#[N+]c1ccc(-c2cc(-c3ccccc3)nc(-n3c4ccccc4c4ccc(-c5ccc6c(c5)c5ccccc5n6-c5ccccc5)cc43)n2)cc1.[HH]. The molecule has 0 saturated carbocycles. The van der Waals surface area contributed by atoms with Gasteiger partial charge in [0, 0.05) is 34.2 Å². The summed E-state index contributed by atoms with van der Waals surface area (Å²) in [6, 6.07) is 61.1. The normalized spacial score (nSPS) is 11.4. The highest BCUT2D eigenvalue weighted by Crippen LogP contribution is 2.38. The maximum absolute atomic E-state index is 7.43. The highest BCUT2D eigenvalue weighted by Gasteiger charge is 2.19. The number of hydrogen-bond acceptors (Lipinski definition) is 2. The lowest BCUT2D eigenvalue weighted by Gasteiger charge is -2.12. The molecular formula is C47H31N5. The van der Waals surface area contributed by atoms with Gasteiger partial charge in [-0.1, -0.05) is 127 Å². The minimum atomic E-state index is 0.